The van der Waals surface area contributed by atoms with Gasteiger partial charge in [0.1, 0.15) is 11.5 Å². The lowest BCUT2D eigenvalue weighted by Crippen LogP contribution is -2.31. The topological polar surface area (TPSA) is 55.6 Å². The Morgan fingerprint density at radius 1 is 1.20 bits per heavy atom. The molecule has 0 spiro atoms. The number of methoxy groups -OCH3 is 1. The van der Waals surface area contributed by atoms with Gasteiger partial charge in [0, 0.05) is 4.90 Å². The molecule has 0 unspecified atom stereocenters. The minimum absolute atomic E-state index is 0.0133. The predicted octanol–water partition coefficient (Wildman–Crippen LogP) is 5.84. The standard InChI is InChI=1S/C23H22N2O3S2/c1-15-11-16(2)22-20(12-15)30-23(24-22)25(13-18-5-4-10-28-18)21(26)14-29-19-8-6-17(27-3)7-9-19/h4-12H,13-14H2,1-3H3. The van der Waals surface area contributed by atoms with Gasteiger partial charge in [0.05, 0.1) is 35.9 Å². The fourth-order valence-corrected chi connectivity index (χ4v) is 5.12. The van der Waals surface area contributed by atoms with Crippen molar-refractivity contribution in [3.8, 4) is 5.75 Å². The molecule has 0 fully saturated rings. The molecule has 1 amide bonds. The third-order valence-electron chi connectivity index (χ3n) is 4.67. The van der Waals surface area contributed by atoms with E-state index in [1.807, 2.05) is 36.4 Å². The normalized spacial score (nSPS) is 11.0. The largest absolute Gasteiger partial charge is 0.497 e. The van der Waals surface area contributed by atoms with Gasteiger partial charge in [-0.25, -0.2) is 4.98 Å². The quantitative estimate of drug-likeness (QED) is 0.339. The number of aryl methyl sites for hydroxylation is 2. The number of anilines is 1. The highest BCUT2D eigenvalue weighted by Gasteiger charge is 2.22. The SMILES string of the molecule is COc1ccc(SCC(=O)N(Cc2ccco2)c2nc3c(C)cc(C)cc3s2)cc1. The first-order valence-electron chi connectivity index (χ1n) is 9.51. The lowest BCUT2D eigenvalue weighted by atomic mass is 10.1. The Morgan fingerprint density at radius 3 is 2.70 bits per heavy atom. The maximum absolute atomic E-state index is 13.2. The van der Waals surface area contributed by atoms with Crippen molar-refractivity contribution in [2.24, 2.45) is 0 Å². The Kier molecular flexibility index (Phi) is 6.11. The molecule has 0 N–H and O–H groups in total. The molecule has 154 valence electrons. The van der Waals surface area contributed by atoms with Gasteiger partial charge in [-0.3, -0.25) is 9.69 Å². The Morgan fingerprint density at radius 2 is 2.00 bits per heavy atom. The molecule has 0 aliphatic heterocycles. The molecule has 0 saturated heterocycles. The van der Waals surface area contributed by atoms with Crippen molar-refractivity contribution >= 4 is 44.4 Å². The van der Waals surface area contributed by atoms with Gasteiger partial charge in [0.15, 0.2) is 5.13 Å². The molecule has 4 rings (SSSR count). The highest BCUT2D eigenvalue weighted by molar-refractivity contribution is 8.00. The number of thiazole rings is 1. The number of aromatic nitrogens is 1. The van der Waals surface area contributed by atoms with Gasteiger partial charge >= 0.3 is 0 Å². The molecular formula is C23H22N2O3S2. The van der Waals surface area contributed by atoms with Crippen LogP contribution in [0.2, 0.25) is 0 Å². The Balaban J connectivity index is 1.59. The molecule has 0 bridgehead atoms. The van der Waals surface area contributed by atoms with E-state index in [0.29, 0.717) is 17.4 Å². The molecule has 0 aliphatic rings. The number of benzene rings is 2. The number of amides is 1. The Bertz CT molecular complexity index is 1150. The summed E-state index contributed by atoms with van der Waals surface area (Å²) in [7, 11) is 1.64. The summed E-state index contributed by atoms with van der Waals surface area (Å²) < 4.78 is 11.8. The van der Waals surface area contributed by atoms with Gasteiger partial charge < -0.3 is 9.15 Å². The van der Waals surface area contributed by atoms with Crippen molar-refractivity contribution in [2.75, 3.05) is 17.8 Å². The van der Waals surface area contributed by atoms with Crippen LogP contribution in [0, 0.1) is 13.8 Å². The van der Waals surface area contributed by atoms with Gasteiger partial charge in [-0.1, -0.05) is 17.4 Å². The highest BCUT2D eigenvalue weighted by Crippen LogP contribution is 2.33. The Hall–Kier alpha value is -2.77. The number of carbonyl (C=O) groups excluding carboxylic acids is 1. The molecule has 5 nitrogen and oxygen atoms in total. The fourth-order valence-electron chi connectivity index (χ4n) is 3.19. The van der Waals surface area contributed by atoms with Crippen LogP contribution in [0.25, 0.3) is 10.2 Å². The van der Waals surface area contributed by atoms with E-state index in [9.17, 15) is 4.79 Å². The van der Waals surface area contributed by atoms with Crippen LogP contribution in [0.1, 0.15) is 16.9 Å². The second-order valence-electron chi connectivity index (χ2n) is 6.95. The van der Waals surface area contributed by atoms with E-state index in [0.717, 1.165) is 32.2 Å². The van der Waals surface area contributed by atoms with Crippen molar-refractivity contribution in [1.82, 2.24) is 4.98 Å². The molecule has 0 aliphatic carbocycles. The van der Waals surface area contributed by atoms with E-state index in [1.54, 1.807) is 18.3 Å². The van der Waals surface area contributed by atoms with Gasteiger partial charge in [0.2, 0.25) is 5.91 Å². The second-order valence-corrected chi connectivity index (χ2v) is 9.01. The number of nitrogens with zero attached hydrogens (tertiary/aromatic N) is 2. The van der Waals surface area contributed by atoms with Gasteiger partial charge in [-0.15, -0.1) is 11.8 Å². The average Bonchev–Trinajstić information content (AvgIpc) is 3.40. The number of ether oxygens (including phenoxy) is 1. The van der Waals surface area contributed by atoms with E-state index < -0.39 is 0 Å². The first-order chi connectivity index (χ1) is 14.5. The molecule has 0 radical (unpaired) electrons. The predicted molar refractivity (Wildman–Crippen MR) is 123 cm³/mol. The van der Waals surface area contributed by atoms with Crippen molar-refractivity contribution in [3.05, 3.63) is 71.7 Å². The number of rotatable bonds is 7. The summed E-state index contributed by atoms with van der Waals surface area (Å²) in [6, 6.07) is 15.6. The van der Waals surface area contributed by atoms with Crippen molar-refractivity contribution in [2.45, 2.75) is 25.3 Å². The molecule has 0 saturated carbocycles. The van der Waals surface area contributed by atoms with Gasteiger partial charge in [-0.2, -0.15) is 0 Å². The van der Waals surface area contributed by atoms with Crippen LogP contribution < -0.4 is 9.64 Å². The summed E-state index contributed by atoms with van der Waals surface area (Å²) in [6.45, 7) is 4.48. The summed E-state index contributed by atoms with van der Waals surface area (Å²) in [5.41, 5.74) is 3.25. The van der Waals surface area contributed by atoms with Crippen LogP contribution in [0.3, 0.4) is 0 Å². The second kappa shape index (κ2) is 8.93. The number of carbonyl (C=O) groups is 1. The van der Waals surface area contributed by atoms with E-state index in [2.05, 4.69) is 26.0 Å². The summed E-state index contributed by atoms with van der Waals surface area (Å²) in [6.07, 6.45) is 1.62. The van der Waals surface area contributed by atoms with Crippen LogP contribution in [0.4, 0.5) is 5.13 Å². The van der Waals surface area contributed by atoms with Crippen LogP contribution in [0.5, 0.6) is 5.75 Å². The summed E-state index contributed by atoms with van der Waals surface area (Å²) in [4.78, 5) is 20.7. The van der Waals surface area contributed by atoms with Crippen LogP contribution in [-0.4, -0.2) is 23.8 Å². The van der Waals surface area contributed by atoms with E-state index in [-0.39, 0.29) is 5.91 Å². The molecule has 4 aromatic rings. The van der Waals surface area contributed by atoms with E-state index in [4.69, 9.17) is 14.1 Å². The maximum atomic E-state index is 13.2. The lowest BCUT2D eigenvalue weighted by Gasteiger charge is -2.18. The van der Waals surface area contributed by atoms with E-state index in [1.165, 1.54) is 28.7 Å². The zero-order chi connectivity index (χ0) is 21.1. The van der Waals surface area contributed by atoms with Crippen molar-refractivity contribution in [1.29, 1.82) is 0 Å². The Labute approximate surface area is 183 Å². The number of thioether (sulfide) groups is 1. The molecule has 2 heterocycles. The monoisotopic (exact) mass is 438 g/mol. The highest BCUT2D eigenvalue weighted by atomic mass is 32.2. The van der Waals surface area contributed by atoms with Crippen LogP contribution in [-0.2, 0) is 11.3 Å². The minimum Gasteiger partial charge on any atom is -0.497 e. The zero-order valence-corrected chi connectivity index (χ0v) is 18.7. The number of fused-ring (bicyclic) bond motifs is 1. The summed E-state index contributed by atoms with van der Waals surface area (Å²) in [5.74, 6) is 1.82. The summed E-state index contributed by atoms with van der Waals surface area (Å²) in [5, 5.41) is 0.690. The first kappa shape index (κ1) is 20.5. The minimum atomic E-state index is -0.0133. The number of hydrogen-bond acceptors (Lipinski definition) is 6. The fraction of sp³-hybridized carbons (Fsp3) is 0.217. The molecule has 2 aromatic heterocycles. The lowest BCUT2D eigenvalue weighted by molar-refractivity contribution is -0.116. The van der Waals surface area contributed by atoms with Crippen LogP contribution in [0.15, 0.2) is 64.1 Å². The maximum Gasteiger partial charge on any atom is 0.239 e. The third kappa shape index (κ3) is 4.52. The summed E-state index contributed by atoms with van der Waals surface area (Å²) >= 11 is 3.03. The molecular weight excluding hydrogens is 416 g/mol. The number of hydrogen-bond donors (Lipinski definition) is 0. The van der Waals surface area contributed by atoms with Crippen molar-refractivity contribution in [3.63, 3.8) is 0 Å². The van der Waals surface area contributed by atoms with Gasteiger partial charge in [-0.05, 0) is 67.4 Å². The first-order valence-corrected chi connectivity index (χ1v) is 11.3. The molecule has 7 heteroatoms. The smallest absolute Gasteiger partial charge is 0.239 e. The van der Waals surface area contributed by atoms with Crippen LogP contribution >= 0.6 is 23.1 Å². The van der Waals surface area contributed by atoms with Crippen molar-refractivity contribution < 1.29 is 13.9 Å². The van der Waals surface area contributed by atoms with E-state index >= 15 is 0 Å². The molecule has 30 heavy (non-hydrogen) atoms. The third-order valence-corrected chi connectivity index (χ3v) is 6.69. The average molecular weight is 439 g/mol. The molecule has 2 aromatic carbocycles. The zero-order valence-electron chi connectivity index (χ0n) is 17.0. The van der Waals surface area contributed by atoms with Gasteiger partial charge in [0.25, 0.3) is 0 Å². The molecule has 0 atom stereocenters. The number of furan rings is 1.